The van der Waals surface area contributed by atoms with Crippen LogP contribution >= 0.6 is 23.1 Å². The number of alkyl halides is 3. The highest BCUT2D eigenvalue weighted by Gasteiger charge is 2.45. The van der Waals surface area contributed by atoms with Crippen molar-refractivity contribution < 1.29 is 22.7 Å². The van der Waals surface area contributed by atoms with Gasteiger partial charge in [0.05, 0.1) is 35.1 Å². The number of hydrogen-bond donors (Lipinski definition) is 1. The number of halogens is 3. The van der Waals surface area contributed by atoms with E-state index in [0.29, 0.717) is 17.2 Å². The van der Waals surface area contributed by atoms with Crippen molar-refractivity contribution in [3.05, 3.63) is 39.2 Å². The van der Waals surface area contributed by atoms with E-state index < -0.39 is 22.4 Å². The highest BCUT2D eigenvalue weighted by atomic mass is 32.2. The van der Waals surface area contributed by atoms with Crippen molar-refractivity contribution in [2.24, 2.45) is 0 Å². The van der Waals surface area contributed by atoms with E-state index >= 15 is 0 Å². The number of thiophene rings is 1. The summed E-state index contributed by atoms with van der Waals surface area (Å²) in [5, 5.41) is 12.5. The second kappa shape index (κ2) is 8.86. The fourth-order valence-corrected chi connectivity index (χ4v) is 4.68. The van der Waals surface area contributed by atoms with Crippen LogP contribution in [0.1, 0.15) is 52.4 Å². The molecule has 2 heterocycles. The number of hydrogen-bond acceptors (Lipinski definition) is 7. The predicted octanol–water partition coefficient (Wildman–Crippen LogP) is 5.62. The average Bonchev–Trinajstić information content (AvgIpc) is 3.38. The van der Waals surface area contributed by atoms with Gasteiger partial charge in [0.1, 0.15) is 10.7 Å². The van der Waals surface area contributed by atoms with E-state index in [9.17, 15) is 23.2 Å². The van der Waals surface area contributed by atoms with Crippen molar-refractivity contribution in [3.8, 4) is 6.07 Å². The first-order valence-corrected chi connectivity index (χ1v) is 11.2. The standard InChI is InChI=1S/C20H20F3N3O2S2/c1-3-28-18(27)13-8-16(20(21,22)23)30-15(13)10-26-17-14(29-4-2)7-12(9-25-17)19(11-24)5-6-19/h7-9H,3-6,10H2,1-2H3,(H,25,26). The lowest BCUT2D eigenvalue weighted by Crippen LogP contribution is -2.10. The molecule has 1 saturated carbocycles. The molecule has 0 amide bonds. The fourth-order valence-electron chi connectivity index (χ4n) is 2.94. The van der Waals surface area contributed by atoms with Gasteiger partial charge in [-0.05, 0) is 43.2 Å². The maximum Gasteiger partial charge on any atom is 0.425 e. The normalized spacial score (nSPS) is 14.8. The quantitative estimate of drug-likeness (QED) is 0.411. The summed E-state index contributed by atoms with van der Waals surface area (Å²) in [6.07, 6.45) is -1.30. The highest BCUT2D eigenvalue weighted by Crippen LogP contribution is 2.48. The van der Waals surface area contributed by atoms with Crippen LogP contribution in [-0.4, -0.2) is 23.3 Å². The summed E-state index contributed by atoms with van der Waals surface area (Å²) >= 11 is 2.05. The third kappa shape index (κ3) is 4.73. The molecule has 2 aromatic rings. The minimum atomic E-state index is -4.54. The van der Waals surface area contributed by atoms with Gasteiger partial charge in [0.15, 0.2) is 0 Å². The Hall–Kier alpha value is -2.25. The Balaban J connectivity index is 1.86. The number of thioether (sulfide) groups is 1. The van der Waals surface area contributed by atoms with Crippen LogP contribution in [0.15, 0.2) is 23.2 Å². The molecule has 0 atom stereocenters. The van der Waals surface area contributed by atoms with Gasteiger partial charge in [0, 0.05) is 11.1 Å². The van der Waals surface area contributed by atoms with Crippen molar-refractivity contribution >= 4 is 34.9 Å². The van der Waals surface area contributed by atoms with Crippen LogP contribution in [0.25, 0.3) is 0 Å². The van der Waals surface area contributed by atoms with E-state index in [1.54, 1.807) is 13.1 Å². The number of carbonyl (C=O) groups is 1. The molecule has 0 aliphatic heterocycles. The molecule has 0 spiro atoms. The summed E-state index contributed by atoms with van der Waals surface area (Å²) in [6.45, 7) is 3.65. The number of nitrogens with one attached hydrogen (secondary N) is 1. The molecule has 0 bridgehead atoms. The predicted molar refractivity (Wildman–Crippen MR) is 110 cm³/mol. The molecule has 1 aliphatic carbocycles. The van der Waals surface area contributed by atoms with E-state index in [0.717, 1.165) is 35.1 Å². The number of pyridine rings is 1. The molecular formula is C20H20F3N3O2S2. The molecule has 0 radical (unpaired) electrons. The lowest BCUT2D eigenvalue weighted by atomic mass is 10.00. The summed E-state index contributed by atoms with van der Waals surface area (Å²) in [4.78, 5) is 16.7. The van der Waals surface area contributed by atoms with Gasteiger partial charge in [-0.3, -0.25) is 0 Å². The van der Waals surface area contributed by atoms with Gasteiger partial charge < -0.3 is 10.1 Å². The number of nitrogens with zero attached hydrogens (tertiary/aromatic N) is 2. The molecule has 1 aliphatic rings. The topological polar surface area (TPSA) is 75.0 Å². The molecule has 5 nitrogen and oxygen atoms in total. The van der Waals surface area contributed by atoms with Crippen LogP contribution in [0, 0.1) is 11.3 Å². The molecule has 0 saturated heterocycles. The minimum Gasteiger partial charge on any atom is -0.462 e. The van der Waals surface area contributed by atoms with E-state index in [4.69, 9.17) is 4.74 Å². The summed E-state index contributed by atoms with van der Waals surface area (Å²) in [7, 11) is 0. The van der Waals surface area contributed by atoms with Gasteiger partial charge in [-0.1, -0.05) is 6.92 Å². The molecule has 1 N–H and O–H groups in total. The van der Waals surface area contributed by atoms with Gasteiger partial charge >= 0.3 is 12.1 Å². The molecule has 3 rings (SSSR count). The van der Waals surface area contributed by atoms with Gasteiger partial charge in [-0.2, -0.15) is 18.4 Å². The summed E-state index contributed by atoms with van der Waals surface area (Å²) in [5.74, 6) is 0.498. The molecule has 160 valence electrons. The van der Waals surface area contributed by atoms with E-state index in [2.05, 4.69) is 16.4 Å². The number of carbonyl (C=O) groups excluding carboxylic acids is 1. The Morgan fingerprint density at radius 1 is 1.40 bits per heavy atom. The monoisotopic (exact) mass is 455 g/mol. The lowest BCUT2D eigenvalue weighted by Gasteiger charge is -2.14. The van der Waals surface area contributed by atoms with Crippen LogP contribution in [0.3, 0.4) is 0 Å². The fraction of sp³-hybridized carbons (Fsp3) is 0.450. The van der Waals surface area contributed by atoms with E-state index in [-0.39, 0.29) is 23.6 Å². The molecular weight excluding hydrogens is 435 g/mol. The van der Waals surface area contributed by atoms with Crippen molar-refractivity contribution in [3.63, 3.8) is 0 Å². The number of nitriles is 1. The lowest BCUT2D eigenvalue weighted by molar-refractivity contribution is -0.134. The third-order valence-corrected chi connectivity index (χ3v) is 6.76. The average molecular weight is 456 g/mol. The van der Waals surface area contributed by atoms with Gasteiger partial charge in [0.25, 0.3) is 0 Å². The summed E-state index contributed by atoms with van der Waals surface area (Å²) in [5.41, 5.74) is 0.291. The van der Waals surface area contributed by atoms with Crippen LogP contribution in [0.4, 0.5) is 19.0 Å². The molecule has 0 unspecified atom stereocenters. The molecule has 1 fully saturated rings. The zero-order valence-corrected chi connectivity index (χ0v) is 18.1. The molecule has 2 aromatic heterocycles. The van der Waals surface area contributed by atoms with Crippen molar-refractivity contribution in [1.82, 2.24) is 4.98 Å². The van der Waals surface area contributed by atoms with Crippen LogP contribution in [0.2, 0.25) is 0 Å². The van der Waals surface area contributed by atoms with Crippen LogP contribution in [0.5, 0.6) is 0 Å². The summed E-state index contributed by atoms with van der Waals surface area (Å²) in [6, 6.07) is 5.09. The first-order chi connectivity index (χ1) is 14.2. The first-order valence-electron chi connectivity index (χ1n) is 9.39. The molecule has 0 aromatic carbocycles. The third-order valence-electron chi connectivity index (χ3n) is 4.67. The Kier molecular flexibility index (Phi) is 6.62. The zero-order chi connectivity index (χ0) is 21.9. The smallest absolute Gasteiger partial charge is 0.425 e. The number of anilines is 1. The van der Waals surface area contributed by atoms with E-state index in [1.165, 1.54) is 11.8 Å². The Morgan fingerprint density at radius 2 is 2.13 bits per heavy atom. The van der Waals surface area contributed by atoms with Crippen molar-refractivity contribution in [2.45, 2.75) is 49.7 Å². The zero-order valence-electron chi connectivity index (χ0n) is 16.4. The maximum atomic E-state index is 13.1. The Labute approximate surface area is 180 Å². The highest BCUT2D eigenvalue weighted by molar-refractivity contribution is 7.99. The molecule has 10 heteroatoms. The van der Waals surface area contributed by atoms with E-state index in [1.807, 2.05) is 13.0 Å². The number of rotatable bonds is 8. The molecule has 30 heavy (non-hydrogen) atoms. The van der Waals surface area contributed by atoms with Crippen LogP contribution < -0.4 is 5.32 Å². The van der Waals surface area contributed by atoms with Crippen LogP contribution in [-0.2, 0) is 22.9 Å². The number of esters is 1. The van der Waals surface area contributed by atoms with Gasteiger partial charge in [-0.15, -0.1) is 23.1 Å². The Morgan fingerprint density at radius 3 is 2.70 bits per heavy atom. The Bertz CT molecular complexity index is 979. The van der Waals surface area contributed by atoms with Crippen molar-refractivity contribution in [1.29, 1.82) is 5.26 Å². The van der Waals surface area contributed by atoms with Crippen molar-refractivity contribution in [2.75, 3.05) is 17.7 Å². The van der Waals surface area contributed by atoms with Gasteiger partial charge in [0.2, 0.25) is 0 Å². The second-order valence-electron chi connectivity index (χ2n) is 6.72. The first kappa shape index (κ1) is 22.4. The number of ether oxygens (including phenoxy) is 1. The minimum absolute atomic E-state index is 0.00189. The SMILES string of the molecule is CCOC(=O)c1cc(C(F)(F)F)sc1CNc1ncc(C2(C#N)CC2)cc1SCC. The largest absolute Gasteiger partial charge is 0.462 e. The van der Waals surface area contributed by atoms with Gasteiger partial charge in [-0.25, -0.2) is 9.78 Å². The summed E-state index contributed by atoms with van der Waals surface area (Å²) < 4.78 is 44.4. The second-order valence-corrected chi connectivity index (χ2v) is 9.16. The maximum absolute atomic E-state index is 13.1. The number of aromatic nitrogens is 1.